The number of phenols is 1. The number of hydrogen-bond acceptors (Lipinski definition) is 23. The van der Waals surface area contributed by atoms with Crippen molar-refractivity contribution in [3.05, 3.63) is 102 Å². The van der Waals surface area contributed by atoms with Crippen LogP contribution in [0.25, 0.3) is 21.8 Å². The molecule has 43 heteroatoms. The Morgan fingerprint density at radius 2 is 0.863 bits per heavy atom. The molecule has 5 aromatic rings. The van der Waals surface area contributed by atoms with E-state index in [-0.39, 0.29) is 62.5 Å². The van der Waals surface area contributed by atoms with Crippen LogP contribution in [0, 0.1) is 17.8 Å². The zero-order chi connectivity index (χ0) is 92.1. The van der Waals surface area contributed by atoms with E-state index in [0.717, 1.165) is 0 Å². The van der Waals surface area contributed by atoms with E-state index in [2.05, 4.69) is 104 Å². The lowest BCUT2D eigenvalue weighted by Gasteiger charge is -2.31. The summed E-state index contributed by atoms with van der Waals surface area (Å²) < 4.78 is 0. The third-order valence-electron chi connectivity index (χ3n) is 20.4. The van der Waals surface area contributed by atoms with Crippen molar-refractivity contribution in [2.45, 2.75) is 217 Å². The van der Waals surface area contributed by atoms with E-state index < -0.39 is 253 Å². The largest absolute Gasteiger partial charge is 0.508 e. The van der Waals surface area contributed by atoms with Gasteiger partial charge in [-0.1, -0.05) is 90.1 Å². The molecule has 3 heterocycles. The van der Waals surface area contributed by atoms with Gasteiger partial charge in [0, 0.05) is 84.4 Å². The molecule has 0 bridgehead atoms. The summed E-state index contributed by atoms with van der Waals surface area (Å²) in [6.07, 6.45) is -0.602. The fraction of sp³-hybridized carbons (Fsp3) is 0.506. The summed E-state index contributed by atoms with van der Waals surface area (Å²) in [5.41, 5.74) is 18.9. The maximum atomic E-state index is 15.2. The molecule has 124 heavy (non-hydrogen) atoms. The third-order valence-corrected chi connectivity index (χ3v) is 21.1. The molecule has 1 aliphatic rings. The van der Waals surface area contributed by atoms with Crippen LogP contribution in [-0.4, -0.2) is 257 Å². The molecule has 0 spiro atoms. The van der Waals surface area contributed by atoms with Gasteiger partial charge in [-0.25, -0.2) is 0 Å². The third kappa shape index (κ3) is 30.0. The van der Waals surface area contributed by atoms with E-state index in [4.69, 9.17) is 17.2 Å². The predicted molar refractivity (Wildman–Crippen MR) is 456 cm³/mol. The van der Waals surface area contributed by atoms with Crippen molar-refractivity contribution in [2.24, 2.45) is 35.0 Å². The first-order chi connectivity index (χ1) is 58.5. The number of aliphatic hydroxyl groups excluding tert-OH is 1. The lowest BCUT2D eigenvalue weighted by Crippen LogP contribution is -2.62. The molecule has 0 unspecified atom stereocenters. The zero-order valence-electron chi connectivity index (χ0n) is 69.8. The molecule has 1 aliphatic heterocycles. The summed E-state index contributed by atoms with van der Waals surface area (Å²) >= 11 is 8.54. The van der Waals surface area contributed by atoms with Crippen LogP contribution in [0.5, 0.6) is 5.75 Å². The number of aliphatic hydroxyl groups is 1. The predicted octanol–water partition coefficient (Wildman–Crippen LogP) is -3.66. The van der Waals surface area contributed by atoms with Crippen molar-refractivity contribution in [1.29, 1.82) is 0 Å². The lowest BCUT2D eigenvalue weighted by atomic mass is 9.99. The molecule has 2 aromatic heterocycles. The number of carbonyl (C=O) groups excluding carboxylic acids is 16. The minimum Gasteiger partial charge on any atom is -0.508 e. The molecule has 41 nitrogen and oxygen atoms in total. The molecule has 1 saturated heterocycles. The van der Waals surface area contributed by atoms with Gasteiger partial charge >= 0.3 is 11.9 Å². The fourth-order valence-electron chi connectivity index (χ4n) is 13.5. The first-order valence-corrected chi connectivity index (χ1v) is 41.5. The second-order valence-corrected chi connectivity index (χ2v) is 32.1. The number of aromatic amines is 2. The Balaban J connectivity index is 1.21. The number of carboxylic acids is 2. The average Bonchev–Trinajstić information content (AvgIpc) is 1.66. The topological polar surface area (TPSA) is 657 Å². The molecule has 6 rings (SSSR count). The number of likely N-dealkylation sites (tertiary alicyclic amines) is 1. The average molecular weight is 1770 g/mol. The molecule has 0 saturated carbocycles. The molecule has 25 N–H and O–H groups in total. The lowest BCUT2D eigenvalue weighted by molar-refractivity contribution is -0.142. The minimum absolute atomic E-state index is 0.0352. The van der Waals surface area contributed by atoms with Crippen molar-refractivity contribution < 1.29 is 107 Å². The van der Waals surface area contributed by atoms with Crippen LogP contribution in [0.3, 0.4) is 0 Å². The number of aromatic nitrogens is 2. The van der Waals surface area contributed by atoms with Crippen LogP contribution >= 0.6 is 25.3 Å². The van der Waals surface area contributed by atoms with Crippen LogP contribution in [0.1, 0.15) is 123 Å². The highest BCUT2D eigenvalue weighted by atomic mass is 32.1. The quantitative estimate of drug-likeness (QED) is 0.0167. The van der Waals surface area contributed by atoms with E-state index in [1.54, 1.807) is 88.6 Å². The summed E-state index contributed by atoms with van der Waals surface area (Å²) in [7, 11) is 0. The summed E-state index contributed by atoms with van der Waals surface area (Å²) in [6, 6.07) is -3.16. The number of phenolic OH excluding ortho intramolecular Hbond substituents is 1. The number of fused-ring (bicyclic) bond motifs is 2. The van der Waals surface area contributed by atoms with Gasteiger partial charge in [-0.15, -0.1) is 0 Å². The molecule has 16 amide bonds. The molecular formula is C81H113N19O22S2. The summed E-state index contributed by atoms with van der Waals surface area (Å²) in [5, 5.41) is 73.5. The number of hydrogen-bond donors (Lipinski definition) is 24. The minimum atomic E-state index is -1.77. The van der Waals surface area contributed by atoms with Crippen LogP contribution in [0.4, 0.5) is 0 Å². The number of primary amides is 2. The number of benzene rings is 3. The van der Waals surface area contributed by atoms with Crippen molar-refractivity contribution in [3.63, 3.8) is 0 Å². The number of para-hydroxylation sites is 2. The van der Waals surface area contributed by atoms with Gasteiger partial charge in [0.1, 0.15) is 90.3 Å². The highest BCUT2D eigenvalue weighted by Crippen LogP contribution is 2.26. The normalized spacial score (nSPS) is 16.0. The van der Waals surface area contributed by atoms with Gasteiger partial charge in [-0.3, -0.25) is 86.3 Å². The molecule has 3 aromatic carbocycles. The summed E-state index contributed by atoms with van der Waals surface area (Å²) in [6.45, 7) is 11.2. The van der Waals surface area contributed by atoms with Gasteiger partial charge in [0.05, 0.1) is 19.1 Å². The maximum Gasteiger partial charge on any atom is 0.303 e. The number of nitrogens with zero attached hydrogens (tertiary/aromatic N) is 1. The standard InChI is InChI=1S/C81H113N19O22S2/c1-38(2)28-54(72(113)96-59(36-123)76(117)90-53(67(84)108)32-62(83)103)91-73(114)55(29-43-19-21-46(102)22-20-43)92-74(115)56(30-44-33-85-49-16-11-9-14-47(44)49)93-70(111)51(23-25-63(104)105)88-69(110)42(8)87-79(120)65(39(3)4)99-78(119)61-18-13-27-100(61)81(122)57(31-45-34-86-50-17-12-10-15-48(45)50)94-77(118)60(37-124)97-80(121)66(40(5)6)98-71(112)52(24-26-64(106)107)89-75(116)58(35-101)95-68(109)41(7)82/h9-12,14-17,19-22,33-34,38-42,51-61,65-66,85-86,101-102,123-124H,13,18,23-32,35-37,82H2,1-8H3,(H2,83,103)(H2,84,108)(H,87,120)(H,88,110)(H,89,116)(H,90,117)(H,91,114)(H,92,115)(H,93,111)(H,94,118)(H,95,109)(H,96,113)(H,97,121)(H,98,112)(H,99,119)(H,104,105)(H,106,107)/t41-,42-,51-,52-,53-,54-,55-,56-,57-,58-,59-,60-,61-,65-,66-/m0/s1. The van der Waals surface area contributed by atoms with Crippen molar-refractivity contribution in [1.82, 2.24) is 84.0 Å². The molecule has 0 aliphatic carbocycles. The second kappa shape index (κ2) is 47.9. The molecular weight excluding hydrogens is 1660 g/mol. The van der Waals surface area contributed by atoms with Gasteiger partial charge < -0.3 is 122 Å². The van der Waals surface area contributed by atoms with Gasteiger partial charge in [-0.05, 0) is 105 Å². The molecule has 1 fully saturated rings. The summed E-state index contributed by atoms with van der Waals surface area (Å²) in [4.78, 5) is 254. The number of nitrogens with one attached hydrogen (secondary N) is 15. The SMILES string of the molecule is CC(C)C[C@H](NC(=O)[C@H](Cc1ccc(O)cc1)NC(=O)[C@H](Cc1c[nH]c2ccccc12)NC(=O)[C@H](CCC(=O)O)NC(=O)[C@H](C)NC(=O)[C@@H](NC(=O)[C@@H]1CCCN1C(=O)[C@H](Cc1c[nH]c2ccccc12)NC(=O)[C@H](CS)NC(=O)[C@@H](NC(=O)[C@H](CCC(=O)O)NC(=O)[C@H](CO)NC(=O)[C@H](C)N)C(C)C)C(C)C)C(=O)N[C@@H](CS)C(=O)N[C@@H](CC(N)=O)C(N)=O. The van der Waals surface area contributed by atoms with Crippen LogP contribution < -0.4 is 86.3 Å². The van der Waals surface area contributed by atoms with E-state index in [1.807, 2.05) is 0 Å². The van der Waals surface area contributed by atoms with Gasteiger partial charge in [-0.2, -0.15) is 25.3 Å². The first-order valence-electron chi connectivity index (χ1n) is 40.3. The van der Waals surface area contributed by atoms with Gasteiger partial charge in [0.15, 0.2) is 0 Å². The first kappa shape index (κ1) is 100. The van der Waals surface area contributed by atoms with E-state index in [1.165, 1.54) is 56.9 Å². The number of nitrogens with two attached hydrogens (primary N) is 3. The Labute approximate surface area is 724 Å². The maximum absolute atomic E-state index is 15.2. The summed E-state index contributed by atoms with van der Waals surface area (Å²) in [5.74, 6) is -21.0. The molecule has 0 radical (unpaired) electrons. The van der Waals surface area contributed by atoms with Crippen molar-refractivity contribution in [3.8, 4) is 5.75 Å². The van der Waals surface area contributed by atoms with E-state index in [0.29, 0.717) is 38.5 Å². The number of rotatable bonds is 49. The van der Waals surface area contributed by atoms with Crippen LogP contribution in [0.15, 0.2) is 85.2 Å². The Bertz CT molecular complexity index is 4680. The Morgan fingerprint density at radius 3 is 1.35 bits per heavy atom. The van der Waals surface area contributed by atoms with E-state index >= 15 is 9.59 Å². The van der Waals surface area contributed by atoms with Gasteiger partial charge in [0.25, 0.3) is 0 Å². The number of carbonyl (C=O) groups is 18. The smallest absolute Gasteiger partial charge is 0.303 e. The van der Waals surface area contributed by atoms with E-state index in [9.17, 15) is 97.1 Å². The van der Waals surface area contributed by atoms with Crippen molar-refractivity contribution >= 4 is 154 Å². The Kier molecular flexibility index (Phi) is 38.8. The van der Waals surface area contributed by atoms with Crippen LogP contribution in [-0.2, 0) is 106 Å². The Morgan fingerprint density at radius 1 is 0.460 bits per heavy atom. The van der Waals surface area contributed by atoms with Gasteiger partial charge in [0.2, 0.25) is 94.5 Å². The molecule has 676 valence electrons. The number of aromatic hydroxyl groups is 1. The fourth-order valence-corrected chi connectivity index (χ4v) is 14.0. The monoisotopic (exact) mass is 1770 g/mol. The van der Waals surface area contributed by atoms with Crippen molar-refractivity contribution in [2.75, 3.05) is 24.7 Å². The molecule has 15 atom stereocenters. The second-order valence-electron chi connectivity index (χ2n) is 31.4. The number of thiol groups is 2. The number of amides is 16. The zero-order valence-corrected chi connectivity index (χ0v) is 71.6. The highest BCUT2D eigenvalue weighted by Gasteiger charge is 2.43. The van der Waals surface area contributed by atoms with Crippen LogP contribution in [0.2, 0.25) is 0 Å². The number of H-pyrrole nitrogens is 2. The highest BCUT2D eigenvalue weighted by molar-refractivity contribution is 7.80. The number of aliphatic carboxylic acids is 2. The Hall–Kier alpha value is -12.4. The number of carboxylic acid groups (broad SMARTS) is 2.